The molecule has 1 aliphatic heterocycles. The van der Waals surface area contributed by atoms with Crippen LogP contribution in [0.2, 0.25) is 0 Å². The van der Waals surface area contributed by atoms with Crippen LogP contribution in [0, 0.1) is 0 Å². The number of methoxy groups -OCH3 is 1. The summed E-state index contributed by atoms with van der Waals surface area (Å²) in [5, 5.41) is 9.71. The van der Waals surface area contributed by atoms with Gasteiger partial charge in [-0.2, -0.15) is 0 Å². The molecule has 0 aromatic heterocycles. The van der Waals surface area contributed by atoms with Crippen molar-refractivity contribution >= 4 is 11.8 Å². The number of carbonyl (C=O) groups is 2. The zero-order valence-corrected chi connectivity index (χ0v) is 21.9. The van der Waals surface area contributed by atoms with E-state index >= 15 is 0 Å². The maximum absolute atomic E-state index is 13.9. The average Bonchev–Trinajstić information content (AvgIpc) is 2.83. The normalized spacial score (nSPS) is 17.1. The summed E-state index contributed by atoms with van der Waals surface area (Å²) in [7, 11) is 1.63. The Bertz CT molecular complexity index is 975. The van der Waals surface area contributed by atoms with Crippen LogP contribution < -0.4 is 20.7 Å². The fourth-order valence-corrected chi connectivity index (χ4v) is 4.23. The summed E-state index contributed by atoms with van der Waals surface area (Å²) in [6.45, 7) is 12.5. The first-order valence-electron chi connectivity index (χ1n) is 12.4. The van der Waals surface area contributed by atoms with E-state index in [-0.39, 0.29) is 11.8 Å². The predicted octanol–water partition coefficient (Wildman–Crippen LogP) is 3.36. The van der Waals surface area contributed by atoms with Gasteiger partial charge in [-0.05, 0) is 55.5 Å². The summed E-state index contributed by atoms with van der Waals surface area (Å²) >= 11 is 0. The van der Waals surface area contributed by atoms with Gasteiger partial charge in [0.15, 0.2) is 0 Å². The molecule has 0 radical (unpaired) electrons. The van der Waals surface area contributed by atoms with Gasteiger partial charge in [0.05, 0.1) is 13.2 Å². The lowest BCUT2D eigenvalue weighted by atomic mass is 9.96. The van der Waals surface area contributed by atoms with Crippen LogP contribution in [0.25, 0.3) is 0 Å². The molecule has 1 fully saturated rings. The second-order valence-electron chi connectivity index (χ2n) is 10.5. The van der Waals surface area contributed by atoms with E-state index in [1.165, 1.54) is 5.56 Å². The third-order valence-corrected chi connectivity index (χ3v) is 6.11. The van der Waals surface area contributed by atoms with Crippen molar-refractivity contribution in [3.63, 3.8) is 0 Å². The number of nitrogens with zero attached hydrogens (tertiary/aromatic N) is 1. The molecule has 2 aromatic rings. The number of rotatable bonds is 8. The minimum absolute atomic E-state index is 0.102. The molecule has 7 heteroatoms. The lowest BCUT2D eigenvalue weighted by Gasteiger charge is -2.37. The van der Waals surface area contributed by atoms with Crippen molar-refractivity contribution in [1.29, 1.82) is 0 Å². The predicted molar refractivity (Wildman–Crippen MR) is 139 cm³/mol. The Morgan fingerprint density at radius 1 is 1.03 bits per heavy atom. The number of hydrogen-bond acceptors (Lipinski definition) is 5. The second kappa shape index (κ2) is 11.7. The summed E-state index contributed by atoms with van der Waals surface area (Å²) in [5.41, 5.74) is 2.47. The number of amides is 2. The van der Waals surface area contributed by atoms with E-state index in [2.05, 4.69) is 29.8 Å². The van der Waals surface area contributed by atoms with Gasteiger partial charge >= 0.3 is 0 Å². The molecule has 2 atom stereocenters. The van der Waals surface area contributed by atoms with Crippen LogP contribution in [-0.2, 0) is 16.1 Å². The molecule has 2 unspecified atom stereocenters. The minimum Gasteiger partial charge on any atom is -0.497 e. The molecule has 2 amide bonds. The van der Waals surface area contributed by atoms with Crippen LogP contribution in [0.1, 0.15) is 63.3 Å². The summed E-state index contributed by atoms with van der Waals surface area (Å²) in [4.78, 5) is 29.3. The highest BCUT2D eigenvalue weighted by Gasteiger charge is 2.36. The SMILES string of the molecule is COc1ccc(CN(C(=O)C2CNCCN2)C(C(=O)NC(C)(C)C)c2ccc(C(C)C)cc2)cc1. The first-order chi connectivity index (χ1) is 16.6. The lowest BCUT2D eigenvalue weighted by molar-refractivity contribution is -0.144. The zero-order chi connectivity index (χ0) is 25.6. The fourth-order valence-electron chi connectivity index (χ4n) is 4.23. The van der Waals surface area contributed by atoms with Crippen LogP contribution in [0.15, 0.2) is 48.5 Å². The van der Waals surface area contributed by atoms with Gasteiger partial charge in [-0.25, -0.2) is 0 Å². The van der Waals surface area contributed by atoms with E-state index in [1.807, 2.05) is 69.3 Å². The monoisotopic (exact) mass is 480 g/mol. The molecular weight excluding hydrogens is 440 g/mol. The highest BCUT2D eigenvalue weighted by atomic mass is 16.5. The second-order valence-corrected chi connectivity index (χ2v) is 10.5. The maximum atomic E-state index is 13.9. The third-order valence-electron chi connectivity index (χ3n) is 6.11. The average molecular weight is 481 g/mol. The van der Waals surface area contributed by atoms with Crippen molar-refractivity contribution in [2.45, 2.75) is 64.7 Å². The Morgan fingerprint density at radius 2 is 1.66 bits per heavy atom. The molecule has 2 aromatic carbocycles. The van der Waals surface area contributed by atoms with E-state index in [9.17, 15) is 9.59 Å². The number of piperazine rings is 1. The summed E-state index contributed by atoms with van der Waals surface area (Å²) in [6.07, 6.45) is 0. The Hall–Kier alpha value is -2.90. The number of ether oxygens (including phenoxy) is 1. The molecule has 7 nitrogen and oxygen atoms in total. The van der Waals surface area contributed by atoms with E-state index < -0.39 is 17.6 Å². The smallest absolute Gasteiger partial charge is 0.247 e. The maximum Gasteiger partial charge on any atom is 0.247 e. The molecule has 0 bridgehead atoms. The van der Waals surface area contributed by atoms with Crippen LogP contribution in [0.4, 0.5) is 0 Å². The molecule has 1 aliphatic rings. The Kier molecular flexibility index (Phi) is 8.92. The van der Waals surface area contributed by atoms with Crippen molar-refractivity contribution in [3.05, 3.63) is 65.2 Å². The van der Waals surface area contributed by atoms with Gasteiger partial charge in [-0.15, -0.1) is 0 Å². The van der Waals surface area contributed by atoms with E-state index in [0.717, 1.165) is 23.4 Å². The standard InChI is InChI=1S/C28H40N4O3/c1-19(2)21-9-11-22(12-10-21)25(26(33)31-28(3,4)5)32(27(34)24-17-29-15-16-30-24)18-20-7-13-23(35-6)14-8-20/h7-14,19,24-25,29-30H,15-18H2,1-6H3,(H,31,33). The molecule has 0 spiro atoms. The molecule has 0 aliphatic carbocycles. The van der Waals surface area contributed by atoms with Gasteiger partial charge in [0, 0.05) is 31.7 Å². The molecule has 0 saturated carbocycles. The van der Waals surface area contributed by atoms with Crippen LogP contribution in [-0.4, -0.2) is 55.0 Å². The lowest BCUT2D eigenvalue weighted by Crippen LogP contribution is -2.58. The van der Waals surface area contributed by atoms with Crippen molar-refractivity contribution in [1.82, 2.24) is 20.9 Å². The number of carbonyl (C=O) groups excluding carboxylic acids is 2. The largest absolute Gasteiger partial charge is 0.497 e. The van der Waals surface area contributed by atoms with Gasteiger partial charge in [-0.3, -0.25) is 9.59 Å². The Morgan fingerprint density at radius 3 is 2.17 bits per heavy atom. The number of benzene rings is 2. The van der Waals surface area contributed by atoms with Gasteiger partial charge in [0.2, 0.25) is 11.8 Å². The summed E-state index contributed by atoms with van der Waals surface area (Å²) in [5.74, 6) is 0.826. The van der Waals surface area contributed by atoms with Crippen molar-refractivity contribution in [3.8, 4) is 5.75 Å². The van der Waals surface area contributed by atoms with E-state index in [1.54, 1.807) is 12.0 Å². The summed E-state index contributed by atoms with van der Waals surface area (Å²) in [6, 6.07) is 14.5. The first kappa shape index (κ1) is 26.7. The van der Waals surface area contributed by atoms with Crippen LogP contribution in [0.3, 0.4) is 0 Å². The van der Waals surface area contributed by atoms with E-state index in [0.29, 0.717) is 25.6 Å². The number of nitrogens with one attached hydrogen (secondary N) is 3. The highest BCUT2D eigenvalue weighted by molar-refractivity contribution is 5.91. The minimum atomic E-state index is -0.770. The summed E-state index contributed by atoms with van der Waals surface area (Å²) < 4.78 is 5.29. The highest BCUT2D eigenvalue weighted by Crippen LogP contribution is 2.28. The zero-order valence-electron chi connectivity index (χ0n) is 21.9. The topological polar surface area (TPSA) is 82.7 Å². The van der Waals surface area contributed by atoms with Gasteiger partial charge in [0.1, 0.15) is 11.8 Å². The van der Waals surface area contributed by atoms with Crippen LogP contribution >= 0.6 is 0 Å². The van der Waals surface area contributed by atoms with Gasteiger partial charge in [-0.1, -0.05) is 50.2 Å². The van der Waals surface area contributed by atoms with Crippen molar-refractivity contribution in [2.75, 3.05) is 26.7 Å². The quantitative estimate of drug-likeness (QED) is 0.540. The number of hydrogen-bond donors (Lipinski definition) is 3. The van der Waals surface area contributed by atoms with Crippen LogP contribution in [0.5, 0.6) is 5.75 Å². The molecular formula is C28H40N4O3. The van der Waals surface area contributed by atoms with Crippen molar-refractivity contribution in [2.24, 2.45) is 0 Å². The molecule has 1 heterocycles. The Balaban J connectivity index is 2.04. The molecule has 190 valence electrons. The molecule has 1 saturated heterocycles. The van der Waals surface area contributed by atoms with Crippen molar-refractivity contribution < 1.29 is 14.3 Å². The van der Waals surface area contributed by atoms with Gasteiger partial charge < -0.3 is 25.6 Å². The molecule has 35 heavy (non-hydrogen) atoms. The Labute approximate surface area is 209 Å². The van der Waals surface area contributed by atoms with E-state index in [4.69, 9.17) is 4.74 Å². The fraction of sp³-hybridized carbons (Fsp3) is 0.500. The third kappa shape index (κ3) is 7.29. The first-order valence-corrected chi connectivity index (χ1v) is 12.4. The molecule has 3 N–H and O–H groups in total. The van der Waals surface area contributed by atoms with Gasteiger partial charge in [0.25, 0.3) is 0 Å². The molecule has 3 rings (SSSR count).